The molecule has 1 aliphatic rings. The maximum atomic E-state index is 6.07. The first-order valence-corrected chi connectivity index (χ1v) is 9.94. The van der Waals surface area contributed by atoms with Crippen LogP contribution < -0.4 is 5.32 Å². The van der Waals surface area contributed by atoms with Crippen molar-refractivity contribution in [2.75, 3.05) is 25.0 Å². The molecule has 0 bridgehead atoms. The van der Waals surface area contributed by atoms with Crippen molar-refractivity contribution < 1.29 is 0 Å². The van der Waals surface area contributed by atoms with Gasteiger partial charge in [-0.3, -0.25) is 10.00 Å². The number of nitrogens with zero attached hydrogens (tertiary/aromatic N) is 2. The standard InChI is InChI=1S/C23H23ClN4/c1-2-14-28-15-12-20(13-16-28)25-23-21(17-6-4-3-5-7-17)22(26-27-23)18-8-10-19(24)11-9-18/h1,3-11,20H,12-16H2,(H2,25,26,27). The average Bonchev–Trinajstić information content (AvgIpc) is 3.14. The Morgan fingerprint density at radius 2 is 1.79 bits per heavy atom. The first kappa shape index (κ1) is 18.6. The number of hydrogen-bond donors (Lipinski definition) is 2. The lowest BCUT2D eigenvalue weighted by molar-refractivity contribution is 0.243. The Morgan fingerprint density at radius 1 is 1.07 bits per heavy atom. The van der Waals surface area contributed by atoms with E-state index in [1.54, 1.807) is 0 Å². The van der Waals surface area contributed by atoms with Gasteiger partial charge < -0.3 is 5.32 Å². The average molecular weight is 391 g/mol. The monoisotopic (exact) mass is 390 g/mol. The van der Waals surface area contributed by atoms with Gasteiger partial charge in [-0.25, -0.2) is 0 Å². The summed E-state index contributed by atoms with van der Waals surface area (Å²) in [6.07, 6.45) is 7.55. The van der Waals surface area contributed by atoms with E-state index in [0.717, 1.165) is 65.7 Å². The minimum Gasteiger partial charge on any atom is -0.365 e. The number of aromatic amines is 1. The minimum atomic E-state index is 0.387. The van der Waals surface area contributed by atoms with Gasteiger partial charge in [0.15, 0.2) is 5.82 Å². The smallest absolute Gasteiger partial charge is 0.156 e. The highest BCUT2D eigenvalue weighted by molar-refractivity contribution is 6.30. The van der Waals surface area contributed by atoms with Crippen LogP contribution in [0.5, 0.6) is 0 Å². The molecular formula is C23H23ClN4. The van der Waals surface area contributed by atoms with Crippen molar-refractivity contribution in [1.29, 1.82) is 0 Å². The molecule has 1 saturated heterocycles. The molecule has 0 atom stereocenters. The molecular weight excluding hydrogens is 368 g/mol. The Morgan fingerprint density at radius 3 is 2.46 bits per heavy atom. The normalized spacial score (nSPS) is 15.3. The van der Waals surface area contributed by atoms with E-state index in [1.807, 2.05) is 30.3 Å². The van der Waals surface area contributed by atoms with Crippen LogP contribution in [-0.2, 0) is 0 Å². The Kier molecular flexibility index (Phi) is 5.66. The van der Waals surface area contributed by atoms with E-state index >= 15 is 0 Å². The van der Waals surface area contributed by atoms with Crippen molar-refractivity contribution in [3.05, 3.63) is 59.6 Å². The fourth-order valence-electron chi connectivity index (χ4n) is 3.72. The summed E-state index contributed by atoms with van der Waals surface area (Å²) in [5, 5.41) is 12.2. The SMILES string of the molecule is C#CCN1CCC(Nc2n[nH]c(-c3ccc(Cl)cc3)c2-c2ccccc2)CC1. The van der Waals surface area contributed by atoms with Gasteiger partial charge in [0.1, 0.15) is 0 Å². The first-order chi connectivity index (χ1) is 13.7. The number of likely N-dealkylation sites (tertiary alicyclic amines) is 1. The van der Waals surface area contributed by atoms with Gasteiger partial charge in [0.2, 0.25) is 0 Å². The van der Waals surface area contributed by atoms with Crippen LogP contribution >= 0.6 is 11.6 Å². The van der Waals surface area contributed by atoms with Crippen molar-refractivity contribution in [2.45, 2.75) is 18.9 Å². The van der Waals surface area contributed by atoms with Crippen molar-refractivity contribution >= 4 is 17.4 Å². The number of nitrogens with one attached hydrogen (secondary N) is 2. The van der Waals surface area contributed by atoms with E-state index in [9.17, 15) is 0 Å². The first-order valence-electron chi connectivity index (χ1n) is 9.56. The van der Waals surface area contributed by atoms with Gasteiger partial charge in [-0.05, 0) is 30.5 Å². The number of aromatic nitrogens is 2. The van der Waals surface area contributed by atoms with Gasteiger partial charge in [-0.15, -0.1) is 6.42 Å². The molecule has 0 saturated carbocycles. The molecule has 0 unspecified atom stereocenters. The Labute approximate surface area is 170 Å². The lowest BCUT2D eigenvalue weighted by atomic mass is 9.99. The Hall–Kier alpha value is -2.74. The van der Waals surface area contributed by atoms with Crippen LogP contribution in [0.1, 0.15) is 12.8 Å². The number of piperidine rings is 1. The molecule has 142 valence electrons. The zero-order chi connectivity index (χ0) is 19.3. The molecule has 1 aliphatic heterocycles. The molecule has 0 spiro atoms. The number of hydrogen-bond acceptors (Lipinski definition) is 3. The molecule has 0 aliphatic carbocycles. The molecule has 28 heavy (non-hydrogen) atoms. The van der Waals surface area contributed by atoms with Crippen molar-refractivity contribution in [3.63, 3.8) is 0 Å². The summed E-state index contributed by atoms with van der Waals surface area (Å²) in [6.45, 7) is 2.75. The summed E-state index contributed by atoms with van der Waals surface area (Å²) in [4.78, 5) is 2.32. The van der Waals surface area contributed by atoms with Crippen LogP contribution in [0.2, 0.25) is 5.02 Å². The van der Waals surface area contributed by atoms with Crippen LogP contribution in [0, 0.1) is 12.3 Å². The second-order valence-corrected chi connectivity index (χ2v) is 7.53. The highest BCUT2D eigenvalue weighted by atomic mass is 35.5. The number of anilines is 1. The van der Waals surface area contributed by atoms with E-state index in [4.69, 9.17) is 18.0 Å². The molecule has 2 heterocycles. The summed E-state index contributed by atoms with van der Waals surface area (Å²) in [7, 11) is 0. The number of rotatable bonds is 5. The van der Waals surface area contributed by atoms with Crippen LogP contribution in [0.15, 0.2) is 54.6 Å². The van der Waals surface area contributed by atoms with E-state index in [2.05, 4.69) is 50.6 Å². The number of terminal acetylenes is 1. The maximum Gasteiger partial charge on any atom is 0.156 e. The summed E-state index contributed by atoms with van der Waals surface area (Å²) >= 11 is 6.07. The second kappa shape index (κ2) is 8.52. The van der Waals surface area contributed by atoms with Crippen LogP contribution in [-0.4, -0.2) is 40.8 Å². The zero-order valence-electron chi connectivity index (χ0n) is 15.7. The van der Waals surface area contributed by atoms with Crippen molar-refractivity contribution in [1.82, 2.24) is 15.1 Å². The zero-order valence-corrected chi connectivity index (χ0v) is 16.4. The van der Waals surface area contributed by atoms with Gasteiger partial charge in [-0.2, -0.15) is 5.10 Å². The molecule has 4 nitrogen and oxygen atoms in total. The van der Waals surface area contributed by atoms with Gasteiger partial charge in [-0.1, -0.05) is 60.0 Å². The summed E-state index contributed by atoms with van der Waals surface area (Å²) in [5.41, 5.74) is 4.28. The molecule has 1 aromatic heterocycles. The molecule has 0 amide bonds. The lowest BCUT2D eigenvalue weighted by Crippen LogP contribution is -2.39. The van der Waals surface area contributed by atoms with Gasteiger partial charge in [0, 0.05) is 29.7 Å². The molecule has 4 rings (SSSR count). The largest absolute Gasteiger partial charge is 0.365 e. The van der Waals surface area contributed by atoms with Crippen molar-refractivity contribution in [2.24, 2.45) is 0 Å². The molecule has 0 radical (unpaired) electrons. The fourth-order valence-corrected chi connectivity index (χ4v) is 3.84. The number of benzene rings is 2. The predicted molar refractivity (Wildman–Crippen MR) is 116 cm³/mol. The Balaban J connectivity index is 1.63. The van der Waals surface area contributed by atoms with E-state index < -0.39 is 0 Å². The number of H-pyrrole nitrogens is 1. The predicted octanol–water partition coefficient (Wildman–Crippen LogP) is 4.91. The molecule has 3 aromatic rings. The summed E-state index contributed by atoms with van der Waals surface area (Å²) in [6, 6.07) is 18.6. The van der Waals surface area contributed by atoms with Crippen LogP contribution in [0.4, 0.5) is 5.82 Å². The van der Waals surface area contributed by atoms with Crippen molar-refractivity contribution in [3.8, 4) is 34.7 Å². The van der Waals surface area contributed by atoms with E-state index in [-0.39, 0.29) is 0 Å². The third-order valence-electron chi connectivity index (χ3n) is 5.20. The van der Waals surface area contributed by atoms with E-state index in [1.165, 1.54) is 0 Å². The molecule has 5 heteroatoms. The van der Waals surface area contributed by atoms with Gasteiger partial charge in [0.05, 0.1) is 17.8 Å². The van der Waals surface area contributed by atoms with E-state index in [0.29, 0.717) is 6.04 Å². The second-order valence-electron chi connectivity index (χ2n) is 7.09. The quantitative estimate of drug-likeness (QED) is 0.608. The highest BCUT2D eigenvalue weighted by Gasteiger charge is 2.22. The lowest BCUT2D eigenvalue weighted by Gasteiger charge is -2.31. The number of halogens is 1. The van der Waals surface area contributed by atoms with Crippen LogP contribution in [0.3, 0.4) is 0 Å². The molecule has 1 fully saturated rings. The fraction of sp³-hybridized carbons (Fsp3) is 0.261. The third kappa shape index (κ3) is 4.06. The Bertz CT molecular complexity index is 949. The topological polar surface area (TPSA) is 44.0 Å². The van der Waals surface area contributed by atoms with Gasteiger partial charge >= 0.3 is 0 Å². The van der Waals surface area contributed by atoms with Crippen LogP contribution in [0.25, 0.3) is 22.4 Å². The molecule has 2 aromatic carbocycles. The third-order valence-corrected chi connectivity index (χ3v) is 5.46. The summed E-state index contributed by atoms with van der Waals surface area (Å²) in [5.74, 6) is 3.63. The summed E-state index contributed by atoms with van der Waals surface area (Å²) < 4.78 is 0. The highest BCUT2D eigenvalue weighted by Crippen LogP contribution is 2.37. The van der Waals surface area contributed by atoms with Gasteiger partial charge in [0.25, 0.3) is 0 Å². The maximum absolute atomic E-state index is 6.07. The minimum absolute atomic E-state index is 0.387. The molecule has 2 N–H and O–H groups in total.